The van der Waals surface area contributed by atoms with Crippen molar-refractivity contribution in [3.63, 3.8) is 0 Å². The van der Waals surface area contributed by atoms with Crippen LogP contribution in [0.25, 0.3) is 0 Å². The standard InChI is InChI=1S/C21H29BrN2O3/c1-14-13-15(5-8-18(14)22)19(25)24(16-6-7-16)17-9-11-23(12-10-17)20(26)27-21(2,3)4/h5,8,13,16-17H,6-7,9-12H2,1-4H3. The van der Waals surface area contributed by atoms with E-state index in [0.29, 0.717) is 19.1 Å². The second-order valence-corrected chi connectivity index (χ2v) is 9.46. The van der Waals surface area contributed by atoms with Gasteiger partial charge in [0.05, 0.1) is 0 Å². The number of amides is 2. The van der Waals surface area contributed by atoms with Gasteiger partial charge in [-0.1, -0.05) is 15.9 Å². The first-order chi connectivity index (χ1) is 12.7. The summed E-state index contributed by atoms with van der Waals surface area (Å²) >= 11 is 3.50. The molecule has 1 aromatic carbocycles. The Bertz CT molecular complexity index is 717. The zero-order valence-electron chi connectivity index (χ0n) is 16.6. The summed E-state index contributed by atoms with van der Waals surface area (Å²) in [6.07, 6.45) is 3.50. The number of likely N-dealkylation sites (tertiary alicyclic amines) is 1. The molecular formula is C21H29BrN2O3. The predicted octanol–water partition coefficient (Wildman–Crippen LogP) is 4.76. The molecule has 148 valence electrons. The van der Waals surface area contributed by atoms with Crippen molar-refractivity contribution in [2.45, 2.75) is 71.1 Å². The van der Waals surface area contributed by atoms with Crippen molar-refractivity contribution < 1.29 is 14.3 Å². The van der Waals surface area contributed by atoms with Gasteiger partial charge >= 0.3 is 6.09 Å². The second kappa shape index (κ2) is 7.82. The average Bonchev–Trinajstić information content (AvgIpc) is 3.41. The zero-order valence-corrected chi connectivity index (χ0v) is 18.2. The Morgan fingerprint density at radius 1 is 1.11 bits per heavy atom. The van der Waals surface area contributed by atoms with Crippen LogP contribution in [-0.2, 0) is 4.74 Å². The molecule has 0 bridgehead atoms. The van der Waals surface area contributed by atoms with Crippen LogP contribution in [0.3, 0.4) is 0 Å². The van der Waals surface area contributed by atoms with Gasteiger partial charge < -0.3 is 14.5 Å². The van der Waals surface area contributed by atoms with E-state index in [-0.39, 0.29) is 18.0 Å². The second-order valence-electron chi connectivity index (χ2n) is 8.61. The molecule has 1 aromatic rings. The van der Waals surface area contributed by atoms with Crippen LogP contribution in [0.2, 0.25) is 0 Å². The minimum atomic E-state index is -0.483. The van der Waals surface area contributed by atoms with Gasteiger partial charge in [0.2, 0.25) is 0 Å². The molecule has 27 heavy (non-hydrogen) atoms. The van der Waals surface area contributed by atoms with Crippen molar-refractivity contribution in [2.24, 2.45) is 0 Å². The van der Waals surface area contributed by atoms with E-state index in [4.69, 9.17) is 4.74 Å². The third-order valence-electron chi connectivity index (χ3n) is 5.09. The fourth-order valence-corrected chi connectivity index (χ4v) is 3.81. The quantitative estimate of drug-likeness (QED) is 0.685. The predicted molar refractivity (Wildman–Crippen MR) is 109 cm³/mol. The molecule has 2 amide bonds. The van der Waals surface area contributed by atoms with Gasteiger partial charge in [-0.15, -0.1) is 0 Å². The Kier molecular flexibility index (Phi) is 5.84. The van der Waals surface area contributed by atoms with Crippen LogP contribution in [0.4, 0.5) is 4.79 Å². The minimum absolute atomic E-state index is 0.115. The zero-order chi connectivity index (χ0) is 19.8. The molecule has 1 aliphatic carbocycles. The van der Waals surface area contributed by atoms with Crippen molar-refractivity contribution in [3.05, 3.63) is 33.8 Å². The van der Waals surface area contributed by atoms with E-state index in [0.717, 1.165) is 41.3 Å². The fourth-order valence-electron chi connectivity index (χ4n) is 3.56. The van der Waals surface area contributed by atoms with Gasteiger partial charge in [0, 0.05) is 35.2 Å². The van der Waals surface area contributed by atoms with Crippen LogP contribution in [-0.4, -0.2) is 52.6 Å². The molecule has 0 N–H and O–H groups in total. The van der Waals surface area contributed by atoms with Gasteiger partial charge in [0.25, 0.3) is 5.91 Å². The Balaban J connectivity index is 1.66. The highest BCUT2D eigenvalue weighted by Gasteiger charge is 2.39. The van der Waals surface area contributed by atoms with Gasteiger partial charge in [-0.2, -0.15) is 0 Å². The van der Waals surface area contributed by atoms with E-state index >= 15 is 0 Å². The SMILES string of the molecule is Cc1cc(C(=O)N(C2CC2)C2CCN(C(=O)OC(C)(C)C)CC2)ccc1Br. The first-order valence-corrected chi connectivity index (χ1v) is 10.5. The third-order valence-corrected chi connectivity index (χ3v) is 5.98. The summed E-state index contributed by atoms with van der Waals surface area (Å²) in [4.78, 5) is 29.3. The van der Waals surface area contributed by atoms with Gasteiger partial charge in [-0.3, -0.25) is 4.79 Å². The van der Waals surface area contributed by atoms with E-state index in [2.05, 4.69) is 20.8 Å². The normalized spacial score (nSPS) is 18.3. The lowest BCUT2D eigenvalue weighted by molar-refractivity contribution is 0.0142. The van der Waals surface area contributed by atoms with E-state index in [1.54, 1.807) is 4.90 Å². The summed E-state index contributed by atoms with van der Waals surface area (Å²) in [6, 6.07) is 6.33. The number of piperidine rings is 1. The molecule has 0 atom stereocenters. The van der Waals surface area contributed by atoms with Crippen molar-refractivity contribution in [1.29, 1.82) is 0 Å². The number of aryl methyl sites for hydroxylation is 1. The van der Waals surface area contributed by atoms with Crippen molar-refractivity contribution in [1.82, 2.24) is 9.80 Å². The first-order valence-electron chi connectivity index (χ1n) is 9.72. The molecule has 0 aromatic heterocycles. The van der Waals surface area contributed by atoms with E-state index in [1.807, 2.05) is 45.9 Å². The van der Waals surface area contributed by atoms with Crippen LogP contribution < -0.4 is 0 Å². The van der Waals surface area contributed by atoms with Crippen LogP contribution in [0, 0.1) is 6.92 Å². The van der Waals surface area contributed by atoms with E-state index in [9.17, 15) is 9.59 Å². The molecule has 1 aliphatic heterocycles. The summed E-state index contributed by atoms with van der Waals surface area (Å²) in [5, 5.41) is 0. The highest BCUT2D eigenvalue weighted by Crippen LogP contribution is 2.34. The van der Waals surface area contributed by atoms with Gasteiger partial charge in [0.1, 0.15) is 5.60 Å². The summed E-state index contributed by atoms with van der Waals surface area (Å²) in [5.41, 5.74) is 1.33. The minimum Gasteiger partial charge on any atom is -0.444 e. The highest BCUT2D eigenvalue weighted by atomic mass is 79.9. The maximum Gasteiger partial charge on any atom is 0.410 e. The summed E-state index contributed by atoms with van der Waals surface area (Å²) in [5.74, 6) is 0.115. The van der Waals surface area contributed by atoms with Gasteiger partial charge in [-0.05, 0) is 77.1 Å². The Labute approximate surface area is 170 Å². The summed E-state index contributed by atoms with van der Waals surface area (Å²) < 4.78 is 6.49. The maximum absolute atomic E-state index is 13.2. The molecule has 3 rings (SSSR count). The van der Waals surface area contributed by atoms with Crippen LogP contribution in [0.5, 0.6) is 0 Å². The number of carbonyl (C=O) groups is 2. The van der Waals surface area contributed by atoms with Crippen LogP contribution in [0.1, 0.15) is 62.4 Å². The molecule has 1 heterocycles. The molecular weight excluding hydrogens is 408 g/mol. The number of nitrogens with zero attached hydrogens (tertiary/aromatic N) is 2. The van der Waals surface area contributed by atoms with Crippen molar-refractivity contribution in [2.75, 3.05) is 13.1 Å². The molecule has 6 heteroatoms. The van der Waals surface area contributed by atoms with E-state index < -0.39 is 5.60 Å². The topological polar surface area (TPSA) is 49.9 Å². The molecule has 5 nitrogen and oxygen atoms in total. The molecule has 0 unspecified atom stereocenters. The van der Waals surface area contributed by atoms with Crippen molar-refractivity contribution in [3.8, 4) is 0 Å². The van der Waals surface area contributed by atoms with Crippen LogP contribution >= 0.6 is 15.9 Å². The Hall–Kier alpha value is -1.56. The Morgan fingerprint density at radius 2 is 1.70 bits per heavy atom. The molecule has 2 aliphatic rings. The van der Waals surface area contributed by atoms with E-state index in [1.165, 1.54) is 0 Å². The summed E-state index contributed by atoms with van der Waals surface area (Å²) in [6.45, 7) is 8.91. The number of hydrogen-bond acceptors (Lipinski definition) is 3. The molecule has 1 saturated heterocycles. The largest absolute Gasteiger partial charge is 0.444 e. The number of carbonyl (C=O) groups excluding carboxylic acids is 2. The monoisotopic (exact) mass is 436 g/mol. The Morgan fingerprint density at radius 3 is 2.22 bits per heavy atom. The molecule has 0 spiro atoms. The van der Waals surface area contributed by atoms with Crippen molar-refractivity contribution >= 4 is 27.9 Å². The molecule has 2 fully saturated rings. The van der Waals surface area contributed by atoms with Crippen LogP contribution in [0.15, 0.2) is 22.7 Å². The molecule has 1 saturated carbocycles. The number of ether oxygens (including phenoxy) is 1. The lowest BCUT2D eigenvalue weighted by Gasteiger charge is -2.39. The molecule has 0 radical (unpaired) electrons. The fraction of sp³-hybridized carbons (Fsp3) is 0.619. The highest BCUT2D eigenvalue weighted by molar-refractivity contribution is 9.10. The third kappa shape index (κ3) is 5.03. The smallest absolute Gasteiger partial charge is 0.410 e. The number of rotatable bonds is 3. The lowest BCUT2D eigenvalue weighted by atomic mass is 10.0. The lowest BCUT2D eigenvalue weighted by Crippen LogP contribution is -2.50. The first kappa shape index (κ1) is 20.2. The number of halogens is 1. The summed E-state index contributed by atoms with van der Waals surface area (Å²) in [7, 11) is 0. The maximum atomic E-state index is 13.2. The average molecular weight is 437 g/mol. The van der Waals surface area contributed by atoms with Gasteiger partial charge in [0.15, 0.2) is 0 Å². The number of benzene rings is 1. The van der Waals surface area contributed by atoms with Gasteiger partial charge in [-0.25, -0.2) is 4.79 Å². The number of hydrogen-bond donors (Lipinski definition) is 0.